The van der Waals surface area contributed by atoms with Crippen LogP contribution in [0.3, 0.4) is 0 Å². The molecular formula is C43H25N3O. The number of hydrogen-bond donors (Lipinski definition) is 0. The van der Waals surface area contributed by atoms with Crippen molar-refractivity contribution in [2.24, 2.45) is 0 Å². The zero-order valence-corrected chi connectivity index (χ0v) is 25.2. The monoisotopic (exact) mass is 599 g/mol. The Balaban J connectivity index is 1.08. The number of aromatic nitrogens is 3. The quantitative estimate of drug-likeness (QED) is 0.190. The van der Waals surface area contributed by atoms with Gasteiger partial charge in [0.25, 0.3) is 0 Å². The second kappa shape index (κ2) is 10.1. The SMILES string of the molecule is c1cc(-c2ccc(-c3nc4ccccc4c4c3ccc3c5ccccc5oc34)cc2)cc(-c2ccc3ccc4cccnc4c3n2)c1. The number of fused-ring (bicyclic) bond motifs is 10. The first-order valence-corrected chi connectivity index (χ1v) is 15.8. The van der Waals surface area contributed by atoms with Crippen LogP contribution in [0.1, 0.15) is 0 Å². The minimum Gasteiger partial charge on any atom is -0.455 e. The fourth-order valence-electron chi connectivity index (χ4n) is 7.00. The van der Waals surface area contributed by atoms with Gasteiger partial charge in [-0.15, -0.1) is 0 Å². The predicted molar refractivity (Wildman–Crippen MR) is 193 cm³/mol. The van der Waals surface area contributed by atoms with E-state index in [4.69, 9.17) is 14.4 Å². The molecule has 0 saturated heterocycles. The molecular weight excluding hydrogens is 574 g/mol. The Hall–Kier alpha value is -6.39. The van der Waals surface area contributed by atoms with Gasteiger partial charge in [0.2, 0.25) is 0 Å². The second-order valence-electron chi connectivity index (χ2n) is 12.0. The summed E-state index contributed by atoms with van der Waals surface area (Å²) in [6, 6.07) is 50.7. The van der Waals surface area contributed by atoms with Crippen molar-refractivity contribution in [1.29, 1.82) is 0 Å². The summed E-state index contributed by atoms with van der Waals surface area (Å²) in [6.45, 7) is 0. The summed E-state index contributed by atoms with van der Waals surface area (Å²) in [6.07, 6.45) is 1.83. The standard InChI is InChI=1S/C43H25N3O/c1-3-12-37-34(11-1)39-35(22-21-33-32-10-2-4-13-38(32)47-43(33)39)40(46-37)28-16-14-26(15-17-28)30-7-5-8-31(25-30)36-23-20-29-19-18-27-9-6-24-44-41(27)42(29)45-36/h1-25H. The van der Waals surface area contributed by atoms with Gasteiger partial charge in [0.1, 0.15) is 11.2 Å². The molecule has 0 amide bonds. The molecule has 4 heterocycles. The molecule has 10 rings (SSSR count). The molecule has 0 saturated carbocycles. The summed E-state index contributed by atoms with van der Waals surface area (Å²) in [7, 11) is 0. The summed E-state index contributed by atoms with van der Waals surface area (Å²) >= 11 is 0. The summed E-state index contributed by atoms with van der Waals surface area (Å²) in [5, 5.41) is 7.70. The second-order valence-corrected chi connectivity index (χ2v) is 12.0. The van der Waals surface area contributed by atoms with E-state index >= 15 is 0 Å². The zero-order chi connectivity index (χ0) is 30.9. The lowest BCUT2D eigenvalue weighted by Crippen LogP contribution is -1.91. The van der Waals surface area contributed by atoms with E-state index in [0.717, 1.165) is 99.1 Å². The van der Waals surface area contributed by atoms with Crippen LogP contribution < -0.4 is 0 Å². The van der Waals surface area contributed by atoms with E-state index in [-0.39, 0.29) is 0 Å². The van der Waals surface area contributed by atoms with Crippen molar-refractivity contribution in [3.05, 3.63) is 152 Å². The van der Waals surface area contributed by atoms with Gasteiger partial charge in [-0.05, 0) is 47.5 Å². The first-order valence-electron chi connectivity index (χ1n) is 15.8. The molecule has 0 atom stereocenters. The summed E-state index contributed by atoms with van der Waals surface area (Å²) in [4.78, 5) is 14.9. The van der Waals surface area contributed by atoms with Gasteiger partial charge in [-0.3, -0.25) is 4.98 Å². The van der Waals surface area contributed by atoms with Gasteiger partial charge in [0.15, 0.2) is 0 Å². The smallest absolute Gasteiger partial charge is 0.144 e. The highest BCUT2D eigenvalue weighted by molar-refractivity contribution is 6.24. The van der Waals surface area contributed by atoms with Crippen molar-refractivity contribution < 1.29 is 4.42 Å². The Morgan fingerprint density at radius 3 is 2.11 bits per heavy atom. The Bertz CT molecular complexity index is 2850. The first kappa shape index (κ1) is 25.9. The maximum Gasteiger partial charge on any atom is 0.144 e. The van der Waals surface area contributed by atoms with E-state index in [1.54, 1.807) is 0 Å². The zero-order valence-electron chi connectivity index (χ0n) is 25.2. The van der Waals surface area contributed by atoms with E-state index in [0.29, 0.717) is 0 Å². The van der Waals surface area contributed by atoms with Crippen molar-refractivity contribution in [2.45, 2.75) is 0 Å². The highest BCUT2D eigenvalue weighted by atomic mass is 16.3. The van der Waals surface area contributed by atoms with Crippen molar-refractivity contribution in [3.8, 4) is 33.6 Å². The molecule has 0 aliphatic carbocycles. The largest absolute Gasteiger partial charge is 0.455 e. The Morgan fingerprint density at radius 2 is 1.19 bits per heavy atom. The molecule has 0 bridgehead atoms. The number of para-hydroxylation sites is 2. The third-order valence-electron chi connectivity index (χ3n) is 9.29. The van der Waals surface area contributed by atoms with E-state index < -0.39 is 0 Å². The van der Waals surface area contributed by atoms with Gasteiger partial charge >= 0.3 is 0 Å². The van der Waals surface area contributed by atoms with Crippen LogP contribution in [0.5, 0.6) is 0 Å². The number of pyridine rings is 3. The molecule has 0 unspecified atom stereocenters. The van der Waals surface area contributed by atoms with Crippen LogP contribution in [0, 0.1) is 0 Å². The fourth-order valence-corrected chi connectivity index (χ4v) is 7.00. The predicted octanol–water partition coefficient (Wildman–Crippen LogP) is 11.4. The molecule has 10 aromatic rings. The van der Waals surface area contributed by atoms with Crippen LogP contribution in [0.25, 0.3) is 99.1 Å². The van der Waals surface area contributed by atoms with Crippen LogP contribution in [0.2, 0.25) is 0 Å². The number of hydrogen-bond acceptors (Lipinski definition) is 4. The molecule has 47 heavy (non-hydrogen) atoms. The van der Waals surface area contributed by atoms with E-state index in [2.05, 4.69) is 126 Å². The molecule has 0 aliphatic rings. The third-order valence-corrected chi connectivity index (χ3v) is 9.29. The molecule has 4 aromatic heterocycles. The molecule has 0 fully saturated rings. The average Bonchev–Trinajstić information content (AvgIpc) is 3.53. The van der Waals surface area contributed by atoms with Gasteiger partial charge in [0.05, 0.1) is 27.9 Å². The van der Waals surface area contributed by atoms with Crippen molar-refractivity contribution in [3.63, 3.8) is 0 Å². The maximum absolute atomic E-state index is 6.50. The van der Waals surface area contributed by atoms with Gasteiger partial charge in [-0.2, -0.15) is 0 Å². The van der Waals surface area contributed by atoms with E-state index in [1.807, 2.05) is 30.5 Å². The first-order chi connectivity index (χ1) is 23.3. The van der Waals surface area contributed by atoms with Gasteiger partial charge in [0, 0.05) is 55.0 Å². The lowest BCUT2D eigenvalue weighted by molar-refractivity contribution is 0.673. The van der Waals surface area contributed by atoms with Crippen LogP contribution in [0.4, 0.5) is 0 Å². The van der Waals surface area contributed by atoms with Crippen molar-refractivity contribution in [2.75, 3.05) is 0 Å². The van der Waals surface area contributed by atoms with Crippen molar-refractivity contribution >= 4 is 65.4 Å². The molecule has 0 N–H and O–H groups in total. The average molecular weight is 600 g/mol. The molecule has 6 aromatic carbocycles. The Kier molecular flexibility index (Phi) is 5.54. The van der Waals surface area contributed by atoms with Crippen LogP contribution in [-0.2, 0) is 0 Å². The maximum atomic E-state index is 6.50. The summed E-state index contributed by atoms with van der Waals surface area (Å²) in [5.41, 5.74) is 10.9. The lowest BCUT2D eigenvalue weighted by Gasteiger charge is -2.12. The van der Waals surface area contributed by atoms with E-state index in [9.17, 15) is 0 Å². The van der Waals surface area contributed by atoms with Crippen molar-refractivity contribution in [1.82, 2.24) is 15.0 Å². The topological polar surface area (TPSA) is 51.8 Å². The Labute approximate surface area is 269 Å². The van der Waals surface area contributed by atoms with Gasteiger partial charge < -0.3 is 4.42 Å². The highest BCUT2D eigenvalue weighted by Gasteiger charge is 2.17. The molecule has 0 aliphatic heterocycles. The Morgan fingerprint density at radius 1 is 0.447 bits per heavy atom. The lowest BCUT2D eigenvalue weighted by atomic mass is 9.96. The molecule has 0 radical (unpaired) electrons. The minimum absolute atomic E-state index is 0.896. The molecule has 218 valence electrons. The third kappa shape index (κ3) is 4.05. The normalized spacial score (nSPS) is 11.8. The van der Waals surface area contributed by atoms with Crippen LogP contribution in [-0.4, -0.2) is 15.0 Å². The molecule has 4 heteroatoms. The summed E-state index contributed by atoms with van der Waals surface area (Å²) < 4.78 is 6.50. The van der Waals surface area contributed by atoms with E-state index in [1.165, 1.54) is 0 Å². The fraction of sp³-hybridized carbons (Fsp3) is 0. The molecule has 4 nitrogen and oxygen atoms in total. The number of benzene rings is 6. The minimum atomic E-state index is 0.896. The van der Waals surface area contributed by atoms with Gasteiger partial charge in [-0.25, -0.2) is 9.97 Å². The summed E-state index contributed by atoms with van der Waals surface area (Å²) in [5.74, 6) is 0. The number of rotatable bonds is 3. The van der Waals surface area contributed by atoms with Gasteiger partial charge in [-0.1, -0.05) is 109 Å². The number of nitrogens with zero attached hydrogens (tertiary/aromatic N) is 3. The number of furan rings is 1. The highest BCUT2D eigenvalue weighted by Crippen LogP contribution is 2.41. The molecule has 0 spiro atoms. The van der Waals surface area contributed by atoms with Crippen LogP contribution >= 0.6 is 0 Å². The van der Waals surface area contributed by atoms with Crippen LogP contribution in [0.15, 0.2) is 156 Å².